The highest BCUT2D eigenvalue weighted by Gasteiger charge is 2.26. The quantitative estimate of drug-likeness (QED) is 0.779. The third-order valence-corrected chi connectivity index (χ3v) is 4.79. The topological polar surface area (TPSA) is 72.2 Å². The van der Waals surface area contributed by atoms with Crippen LogP contribution in [0.5, 0.6) is 0 Å². The molecule has 102 valence electrons. The van der Waals surface area contributed by atoms with Gasteiger partial charge in [0.25, 0.3) is 0 Å². The van der Waals surface area contributed by atoms with Gasteiger partial charge in [-0.3, -0.25) is 0 Å². The van der Waals surface area contributed by atoms with Crippen LogP contribution in [0.25, 0.3) is 0 Å². The van der Waals surface area contributed by atoms with Gasteiger partial charge in [0.05, 0.1) is 5.75 Å². The Hall–Kier alpha value is -1.07. The molecule has 18 heavy (non-hydrogen) atoms. The molecule has 0 heterocycles. The molecular formula is C13H22N2O2S. The van der Waals surface area contributed by atoms with Crippen molar-refractivity contribution in [1.29, 1.82) is 0 Å². The van der Waals surface area contributed by atoms with Crippen LogP contribution in [-0.2, 0) is 15.8 Å². The fourth-order valence-corrected chi connectivity index (χ4v) is 3.44. The normalized spacial score (nSPS) is 12.6. The molecule has 1 rings (SSSR count). The molecular weight excluding hydrogens is 248 g/mol. The summed E-state index contributed by atoms with van der Waals surface area (Å²) >= 11 is 0. The minimum atomic E-state index is -3.34. The van der Waals surface area contributed by atoms with Crippen molar-refractivity contribution in [2.75, 3.05) is 5.73 Å². The van der Waals surface area contributed by atoms with Crippen LogP contribution >= 0.6 is 0 Å². The molecule has 0 aliphatic rings. The van der Waals surface area contributed by atoms with E-state index in [0.29, 0.717) is 11.3 Å². The molecule has 0 spiro atoms. The van der Waals surface area contributed by atoms with Crippen LogP contribution in [0.15, 0.2) is 24.3 Å². The van der Waals surface area contributed by atoms with E-state index in [9.17, 15) is 8.42 Å². The van der Waals surface area contributed by atoms with Crippen LogP contribution in [0.4, 0.5) is 5.69 Å². The van der Waals surface area contributed by atoms with Crippen molar-refractivity contribution in [2.24, 2.45) is 0 Å². The second-order valence-corrected chi connectivity index (χ2v) is 6.60. The van der Waals surface area contributed by atoms with Gasteiger partial charge in [0.1, 0.15) is 0 Å². The highest BCUT2D eigenvalue weighted by molar-refractivity contribution is 7.88. The average molecular weight is 270 g/mol. The molecule has 0 aliphatic carbocycles. The smallest absolute Gasteiger partial charge is 0.216 e. The molecule has 1 aromatic rings. The summed E-state index contributed by atoms with van der Waals surface area (Å²) in [5.41, 5.74) is 6.55. The summed E-state index contributed by atoms with van der Waals surface area (Å²) in [4.78, 5) is 0. The maximum Gasteiger partial charge on any atom is 0.216 e. The maximum atomic E-state index is 12.1. The minimum Gasteiger partial charge on any atom is -0.399 e. The van der Waals surface area contributed by atoms with E-state index in [-0.39, 0.29) is 11.3 Å². The standard InChI is InChI=1S/C13H22N2O2S/c1-4-13(3,5-2)15-18(16,17)10-11-7-6-8-12(14)9-11/h6-9,15H,4-5,10,14H2,1-3H3. The van der Waals surface area contributed by atoms with Crippen LogP contribution < -0.4 is 10.5 Å². The van der Waals surface area contributed by atoms with Crippen LogP contribution in [0.1, 0.15) is 39.2 Å². The predicted octanol–water partition coefficient (Wildman–Crippen LogP) is 2.27. The molecule has 0 atom stereocenters. The molecule has 5 heteroatoms. The minimum absolute atomic E-state index is 0.0341. The van der Waals surface area contributed by atoms with Crippen LogP contribution in [0.2, 0.25) is 0 Å². The molecule has 0 amide bonds. The Labute approximate surface area is 110 Å². The van der Waals surface area contributed by atoms with E-state index in [1.807, 2.05) is 20.8 Å². The summed E-state index contributed by atoms with van der Waals surface area (Å²) < 4.78 is 27.0. The van der Waals surface area contributed by atoms with Crippen molar-refractivity contribution in [3.63, 3.8) is 0 Å². The van der Waals surface area contributed by atoms with Crippen molar-refractivity contribution in [3.8, 4) is 0 Å². The number of sulfonamides is 1. The number of nitrogens with one attached hydrogen (secondary N) is 1. The SMILES string of the molecule is CCC(C)(CC)NS(=O)(=O)Cc1cccc(N)c1. The van der Waals surface area contributed by atoms with Gasteiger partial charge in [-0.15, -0.1) is 0 Å². The molecule has 4 nitrogen and oxygen atoms in total. The Morgan fingerprint density at radius 3 is 2.39 bits per heavy atom. The van der Waals surface area contributed by atoms with E-state index >= 15 is 0 Å². The number of anilines is 1. The van der Waals surface area contributed by atoms with Gasteiger partial charge in [0.15, 0.2) is 0 Å². The molecule has 0 fully saturated rings. The summed E-state index contributed by atoms with van der Waals surface area (Å²) in [6.45, 7) is 5.88. The predicted molar refractivity (Wildman–Crippen MR) is 75.6 cm³/mol. The van der Waals surface area contributed by atoms with Gasteiger partial charge in [0.2, 0.25) is 10.0 Å². The van der Waals surface area contributed by atoms with Gasteiger partial charge in [-0.05, 0) is 37.5 Å². The summed E-state index contributed by atoms with van der Waals surface area (Å²) in [7, 11) is -3.34. The maximum absolute atomic E-state index is 12.1. The van der Waals surface area contributed by atoms with Gasteiger partial charge < -0.3 is 5.73 Å². The highest BCUT2D eigenvalue weighted by Crippen LogP contribution is 2.17. The van der Waals surface area contributed by atoms with Crippen molar-refractivity contribution >= 4 is 15.7 Å². The van der Waals surface area contributed by atoms with Crippen molar-refractivity contribution < 1.29 is 8.42 Å². The second-order valence-electron chi connectivity index (χ2n) is 4.87. The molecule has 0 radical (unpaired) electrons. The Bertz CT molecular complexity index is 493. The largest absolute Gasteiger partial charge is 0.399 e. The first-order valence-corrected chi connectivity index (χ1v) is 7.81. The fourth-order valence-electron chi connectivity index (χ4n) is 1.71. The van der Waals surface area contributed by atoms with Crippen LogP contribution in [-0.4, -0.2) is 14.0 Å². The average Bonchev–Trinajstić information content (AvgIpc) is 2.27. The molecule has 1 aromatic carbocycles. The zero-order chi connectivity index (χ0) is 13.8. The molecule has 3 N–H and O–H groups in total. The first kappa shape index (κ1) is 15.0. The number of rotatable bonds is 6. The number of nitrogen functional groups attached to an aromatic ring is 1. The Kier molecular flexibility index (Phi) is 4.76. The second kappa shape index (κ2) is 5.71. The van der Waals surface area contributed by atoms with Gasteiger partial charge in [0, 0.05) is 11.2 Å². The lowest BCUT2D eigenvalue weighted by atomic mass is 9.98. The van der Waals surface area contributed by atoms with E-state index in [4.69, 9.17) is 5.73 Å². The van der Waals surface area contributed by atoms with E-state index in [2.05, 4.69) is 4.72 Å². The van der Waals surface area contributed by atoms with E-state index in [0.717, 1.165) is 12.8 Å². The van der Waals surface area contributed by atoms with Gasteiger partial charge in [-0.1, -0.05) is 26.0 Å². The molecule has 0 unspecified atom stereocenters. The number of nitrogens with two attached hydrogens (primary N) is 1. The van der Waals surface area contributed by atoms with E-state index < -0.39 is 10.0 Å². The van der Waals surface area contributed by atoms with Crippen LogP contribution in [0.3, 0.4) is 0 Å². The molecule has 0 saturated heterocycles. The first-order chi connectivity index (χ1) is 8.30. The third kappa shape index (κ3) is 4.31. The highest BCUT2D eigenvalue weighted by atomic mass is 32.2. The molecule has 0 aliphatic heterocycles. The van der Waals surface area contributed by atoms with Gasteiger partial charge in [-0.25, -0.2) is 13.1 Å². The van der Waals surface area contributed by atoms with E-state index in [1.54, 1.807) is 24.3 Å². The summed E-state index contributed by atoms with van der Waals surface area (Å²) in [5, 5.41) is 0. The summed E-state index contributed by atoms with van der Waals surface area (Å²) in [6, 6.07) is 6.96. The van der Waals surface area contributed by atoms with E-state index in [1.165, 1.54) is 0 Å². The van der Waals surface area contributed by atoms with Gasteiger partial charge >= 0.3 is 0 Å². The van der Waals surface area contributed by atoms with Crippen molar-refractivity contribution in [3.05, 3.63) is 29.8 Å². The Morgan fingerprint density at radius 2 is 1.89 bits per heavy atom. The monoisotopic (exact) mass is 270 g/mol. The van der Waals surface area contributed by atoms with Crippen LogP contribution in [0, 0.1) is 0 Å². The number of hydrogen-bond donors (Lipinski definition) is 2. The first-order valence-electron chi connectivity index (χ1n) is 6.16. The van der Waals surface area contributed by atoms with Crippen molar-refractivity contribution in [2.45, 2.75) is 44.9 Å². The zero-order valence-electron chi connectivity index (χ0n) is 11.2. The molecule has 0 bridgehead atoms. The summed E-state index contributed by atoms with van der Waals surface area (Å²) in [5.74, 6) is -0.0341. The number of benzene rings is 1. The molecule has 0 aromatic heterocycles. The molecule has 0 saturated carbocycles. The zero-order valence-corrected chi connectivity index (χ0v) is 12.0. The Morgan fingerprint density at radius 1 is 1.28 bits per heavy atom. The van der Waals surface area contributed by atoms with Gasteiger partial charge in [-0.2, -0.15) is 0 Å². The third-order valence-electron chi connectivity index (χ3n) is 3.27. The number of hydrogen-bond acceptors (Lipinski definition) is 3. The fraction of sp³-hybridized carbons (Fsp3) is 0.538. The lowest BCUT2D eigenvalue weighted by Crippen LogP contribution is -2.45. The lowest BCUT2D eigenvalue weighted by Gasteiger charge is -2.27. The lowest BCUT2D eigenvalue weighted by molar-refractivity contribution is 0.388. The Balaban J connectivity index is 2.83. The van der Waals surface area contributed by atoms with Crippen molar-refractivity contribution in [1.82, 2.24) is 4.72 Å². The summed E-state index contributed by atoms with van der Waals surface area (Å²) in [6.07, 6.45) is 1.53.